The Hall–Kier alpha value is -2.35. The van der Waals surface area contributed by atoms with Gasteiger partial charge in [0.05, 0.1) is 0 Å². The lowest BCUT2D eigenvalue weighted by Gasteiger charge is -2.06. The molecule has 0 aromatic carbocycles. The number of rotatable bonds is 3. The molecule has 1 saturated carbocycles. The average Bonchev–Trinajstić information content (AvgIpc) is 3.22. The number of nitrogens with zero attached hydrogens (tertiary/aromatic N) is 4. The van der Waals surface area contributed by atoms with E-state index in [4.69, 9.17) is 10.3 Å². The molecule has 3 heterocycles. The second kappa shape index (κ2) is 5.09. The fourth-order valence-corrected chi connectivity index (χ4v) is 2.94. The molecule has 0 aliphatic heterocycles. The number of pyridine rings is 1. The minimum atomic E-state index is -2.63. The van der Waals surface area contributed by atoms with Crippen LogP contribution in [0, 0.1) is 0 Å². The Labute approximate surface area is 130 Å². The number of hydrogen-bond acceptors (Lipinski definition) is 5. The Balaban J connectivity index is 1.64. The third-order valence-corrected chi connectivity index (χ3v) is 4.18. The van der Waals surface area contributed by atoms with Gasteiger partial charge in [-0.2, -0.15) is 4.98 Å². The normalized spacial score (nSPS) is 20.4. The first-order valence-corrected chi connectivity index (χ1v) is 7.43. The molecular formula is C15H15F2N5O. The van der Waals surface area contributed by atoms with E-state index in [0.29, 0.717) is 24.5 Å². The summed E-state index contributed by atoms with van der Waals surface area (Å²) in [6.07, 6.45) is 3.65. The van der Waals surface area contributed by atoms with Crippen molar-refractivity contribution >= 4 is 5.65 Å². The highest BCUT2D eigenvalue weighted by atomic mass is 19.3. The second-order valence-corrected chi connectivity index (χ2v) is 5.89. The van der Waals surface area contributed by atoms with Crippen LogP contribution >= 0.6 is 0 Å². The molecule has 0 spiro atoms. The van der Waals surface area contributed by atoms with Crippen LogP contribution in [0.1, 0.15) is 36.6 Å². The van der Waals surface area contributed by atoms with E-state index >= 15 is 0 Å². The molecule has 6 nitrogen and oxygen atoms in total. The standard InChI is InChI=1S/C15H15F2N5O/c16-15(17)4-3-10(5-15)13-20-14(23-21-13)11-8-22-7-9(6-18)1-2-12(22)19-11/h1-2,7-8,10H,3-6,18H2. The highest BCUT2D eigenvalue weighted by molar-refractivity contribution is 5.54. The van der Waals surface area contributed by atoms with E-state index in [1.807, 2.05) is 22.7 Å². The molecule has 3 aromatic rings. The maximum absolute atomic E-state index is 13.3. The third-order valence-electron chi connectivity index (χ3n) is 4.18. The molecule has 23 heavy (non-hydrogen) atoms. The maximum Gasteiger partial charge on any atom is 0.278 e. The van der Waals surface area contributed by atoms with Gasteiger partial charge < -0.3 is 14.7 Å². The number of nitrogens with two attached hydrogens (primary N) is 1. The molecule has 1 fully saturated rings. The number of hydrogen-bond donors (Lipinski definition) is 1. The van der Waals surface area contributed by atoms with Crippen LogP contribution in [-0.4, -0.2) is 25.4 Å². The van der Waals surface area contributed by atoms with Crippen LogP contribution in [0.3, 0.4) is 0 Å². The average molecular weight is 319 g/mol. The molecule has 3 aromatic heterocycles. The summed E-state index contributed by atoms with van der Waals surface area (Å²) in [6.45, 7) is 0.435. The summed E-state index contributed by atoms with van der Waals surface area (Å²) in [5.74, 6) is -2.42. The first-order valence-electron chi connectivity index (χ1n) is 7.43. The molecule has 0 amide bonds. The zero-order valence-electron chi connectivity index (χ0n) is 12.2. The second-order valence-electron chi connectivity index (χ2n) is 5.89. The van der Waals surface area contributed by atoms with Gasteiger partial charge in [0.2, 0.25) is 5.92 Å². The molecule has 1 atom stereocenters. The summed E-state index contributed by atoms with van der Waals surface area (Å²) in [5, 5.41) is 3.86. The quantitative estimate of drug-likeness (QED) is 0.802. The number of alkyl halides is 2. The Bertz CT molecular complexity index is 857. The Morgan fingerprint density at radius 3 is 2.91 bits per heavy atom. The van der Waals surface area contributed by atoms with Gasteiger partial charge in [-0.3, -0.25) is 0 Å². The van der Waals surface area contributed by atoms with E-state index in [0.717, 1.165) is 11.2 Å². The van der Waals surface area contributed by atoms with Crippen LogP contribution in [0.5, 0.6) is 0 Å². The van der Waals surface area contributed by atoms with Crippen molar-refractivity contribution in [1.29, 1.82) is 0 Å². The monoisotopic (exact) mass is 319 g/mol. The van der Waals surface area contributed by atoms with Crippen molar-refractivity contribution in [3.63, 3.8) is 0 Å². The minimum absolute atomic E-state index is 0.127. The smallest absolute Gasteiger partial charge is 0.278 e. The van der Waals surface area contributed by atoms with Gasteiger partial charge in [-0.25, -0.2) is 13.8 Å². The summed E-state index contributed by atoms with van der Waals surface area (Å²) in [5.41, 5.74) is 7.83. The molecule has 0 radical (unpaired) electrons. The van der Waals surface area contributed by atoms with Crippen LogP contribution in [-0.2, 0) is 6.54 Å². The zero-order chi connectivity index (χ0) is 16.0. The predicted octanol–water partition coefficient (Wildman–Crippen LogP) is 2.75. The van der Waals surface area contributed by atoms with E-state index in [1.54, 1.807) is 6.20 Å². The molecule has 4 rings (SSSR count). The molecule has 0 bridgehead atoms. The number of fused-ring (bicyclic) bond motifs is 1. The Morgan fingerprint density at radius 2 is 2.17 bits per heavy atom. The number of imidazole rings is 1. The topological polar surface area (TPSA) is 82.2 Å². The zero-order valence-corrected chi connectivity index (χ0v) is 12.2. The van der Waals surface area contributed by atoms with Crippen LogP contribution in [0.25, 0.3) is 17.2 Å². The highest BCUT2D eigenvalue weighted by Gasteiger charge is 2.42. The first-order chi connectivity index (χ1) is 11.0. The summed E-state index contributed by atoms with van der Waals surface area (Å²) < 4.78 is 33.7. The van der Waals surface area contributed by atoms with E-state index in [1.165, 1.54) is 0 Å². The fourth-order valence-electron chi connectivity index (χ4n) is 2.94. The molecule has 1 aliphatic rings. The summed E-state index contributed by atoms with van der Waals surface area (Å²) >= 11 is 0. The van der Waals surface area contributed by atoms with Gasteiger partial charge in [0, 0.05) is 37.7 Å². The Kier molecular flexibility index (Phi) is 3.15. The number of aromatic nitrogens is 4. The SMILES string of the molecule is NCc1ccc2nc(-c3nc(C4CCC(F)(F)C4)no3)cn2c1. The summed E-state index contributed by atoms with van der Waals surface area (Å²) in [6, 6.07) is 3.74. The first kappa shape index (κ1) is 14.3. The molecule has 1 unspecified atom stereocenters. The van der Waals surface area contributed by atoms with E-state index in [2.05, 4.69) is 15.1 Å². The molecule has 0 saturated heterocycles. The van der Waals surface area contributed by atoms with Crippen LogP contribution < -0.4 is 5.73 Å². The van der Waals surface area contributed by atoms with Crippen molar-refractivity contribution in [3.05, 3.63) is 35.9 Å². The van der Waals surface area contributed by atoms with Crippen molar-refractivity contribution in [2.24, 2.45) is 5.73 Å². The van der Waals surface area contributed by atoms with Gasteiger partial charge in [0.25, 0.3) is 5.89 Å². The number of halogens is 2. The van der Waals surface area contributed by atoms with Gasteiger partial charge in [-0.05, 0) is 18.1 Å². The van der Waals surface area contributed by atoms with Crippen molar-refractivity contribution in [2.75, 3.05) is 0 Å². The fraction of sp³-hybridized carbons (Fsp3) is 0.400. The summed E-state index contributed by atoms with van der Waals surface area (Å²) in [7, 11) is 0. The van der Waals surface area contributed by atoms with Gasteiger partial charge in [0.15, 0.2) is 5.82 Å². The Morgan fingerprint density at radius 1 is 1.30 bits per heavy atom. The van der Waals surface area contributed by atoms with Crippen molar-refractivity contribution in [2.45, 2.75) is 37.6 Å². The lowest BCUT2D eigenvalue weighted by Crippen LogP contribution is -2.09. The van der Waals surface area contributed by atoms with Crippen LogP contribution in [0.2, 0.25) is 0 Å². The van der Waals surface area contributed by atoms with E-state index < -0.39 is 5.92 Å². The van der Waals surface area contributed by atoms with Gasteiger partial charge in [-0.1, -0.05) is 11.2 Å². The van der Waals surface area contributed by atoms with Crippen LogP contribution in [0.15, 0.2) is 29.0 Å². The molecule has 8 heteroatoms. The molecule has 1 aliphatic carbocycles. The van der Waals surface area contributed by atoms with Gasteiger partial charge in [-0.15, -0.1) is 0 Å². The van der Waals surface area contributed by atoms with E-state index in [-0.39, 0.29) is 24.7 Å². The lowest BCUT2D eigenvalue weighted by atomic mass is 10.1. The molecule has 120 valence electrons. The highest BCUT2D eigenvalue weighted by Crippen LogP contribution is 2.43. The predicted molar refractivity (Wildman–Crippen MR) is 77.9 cm³/mol. The minimum Gasteiger partial charge on any atom is -0.332 e. The maximum atomic E-state index is 13.3. The van der Waals surface area contributed by atoms with Gasteiger partial charge in [0.1, 0.15) is 11.3 Å². The van der Waals surface area contributed by atoms with E-state index in [9.17, 15) is 8.78 Å². The largest absolute Gasteiger partial charge is 0.332 e. The third kappa shape index (κ3) is 2.59. The van der Waals surface area contributed by atoms with Crippen molar-refractivity contribution < 1.29 is 13.3 Å². The van der Waals surface area contributed by atoms with Crippen LogP contribution in [0.4, 0.5) is 8.78 Å². The molecule has 2 N–H and O–H groups in total. The van der Waals surface area contributed by atoms with Gasteiger partial charge >= 0.3 is 0 Å². The van der Waals surface area contributed by atoms with Crippen molar-refractivity contribution in [1.82, 2.24) is 19.5 Å². The summed E-state index contributed by atoms with van der Waals surface area (Å²) in [4.78, 5) is 8.66. The molecular weight excluding hydrogens is 304 g/mol. The van der Waals surface area contributed by atoms with Crippen molar-refractivity contribution in [3.8, 4) is 11.6 Å². The lowest BCUT2D eigenvalue weighted by molar-refractivity contribution is 0.00749.